The molecule has 0 fully saturated rings. The normalized spacial score (nSPS) is 11.9. The van der Waals surface area contributed by atoms with E-state index in [0.29, 0.717) is 41.6 Å². The van der Waals surface area contributed by atoms with Crippen LogP contribution in [0.4, 0.5) is 5.69 Å². The van der Waals surface area contributed by atoms with Gasteiger partial charge in [-0.15, -0.1) is 5.10 Å². The summed E-state index contributed by atoms with van der Waals surface area (Å²) in [5, 5.41) is 11.4. The Morgan fingerprint density at radius 3 is 2.59 bits per heavy atom. The lowest BCUT2D eigenvalue weighted by Crippen LogP contribution is -2.45. The summed E-state index contributed by atoms with van der Waals surface area (Å²) in [6, 6.07) is 17.2. The van der Waals surface area contributed by atoms with Gasteiger partial charge in [0.1, 0.15) is 23.9 Å². The summed E-state index contributed by atoms with van der Waals surface area (Å²) in [5.74, 6) is 0.453. The molecule has 0 aliphatic carbocycles. The zero-order valence-corrected chi connectivity index (χ0v) is 21.4. The van der Waals surface area contributed by atoms with Crippen LogP contribution in [0.5, 0.6) is 5.75 Å². The Morgan fingerprint density at radius 2 is 1.84 bits per heavy atom. The van der Waals surface area contributed by atoms with Gasteiger partial charge in [-0.25, -0.2) is 4.68 Å². The van der Waals surface area contributed by atoms with Crippen molar-refractivity contribution in [3.8, 4) is 5.75 Å². The van der Waals surface area contributed by atoms with Gasteiger partial charge in [-0.1, -0.05) is 37.3 Å². The predicted octanol–water partition coefficient (Wildman–Crippen LogP) is 4.16. The molecule has 4 aromatic rings. The molecule has 0 saturated carbocycles. The number of benzene rings is 2. The standard InChI is InChI=1S/C28H32N6O3/c1-4-37-23-9-7-8-22(18-23)34(26(35)19-33-25-11-6-5-10-24(25)31-32-33)27(21-13-15-29-16-14-21)28(36)30-17-12-20(2)3/h5-11,13-16,18,20,27H,4,12,17,19H2,1-3H3,(H,30,36)/t27-/m1/s1. The van der Waals surface area contributed by atoms with Crippen molar-refractivity contribution in [1.82, 2.24) is 25.3 Å². The van der Waals surface area contributed by atoms with Crippen LogP contribution in [0.1, 0.15) is 38.8 Å². The summed E-state index contributed by atoms with van der Waals surface area (Å²) in [4.78, 5) is 33.3. The first-order valence-electron chi connectivity index (χ1n) is 12.5. The highest BCUT2D eigenvalue weighted by Gasteiger charge is 2.33. The van der Waals surface area contributed by atoms with Crippen molar-refractivity contribution in [2.24, 2.45) is 5.92 Å². The number of pyridine rings is 1. The lowest BCUT2D eigenvalue weighted by atomic mass is 10.0. The van der Waals surface area contributed by atoms with Crippen molar-refractivity contribution in [3.05, 3.63) is 78.6 Å². The number of aromatic nitrogens is 4. The largest absolute Gasteiger partial charge is 0.494 e. The third-order valence-electron chi connectivity index (χ3n) is 5.93. The molecule has 0 spiro atoms. The minimum atomic E-state index is -0.922. The summed E-state index contributed by atoms with van der Waals surface area (Å²) in [5.41, 5.74) is 2.62. The number of amides is 2. The van der Waals surface area contributed by atoms with Crippen LogP contribution in [0.2, 0.25) is 0 Å². The van der Waals surface area contributed by atoms with Gasteiger partial charge >= 0.3 is 0 Å². The van der Waals surface area contributed by atoms with Crippen molar-refractivity contribution in [2.75, 3.05) is 18.1 Å². The van der Waals surface area contributed by atoms with Crippen LogP contribution in [0.15, 0.2) is 73.1 Å². The zero-order valence-electron chi connectivity index (χ0n) is 21.4. The number of rotatable bonds is 11. The molecule has 0 radical (unpaired) electrons. The number of carbonyl (C=O) groups excluding carboxylic acids is 2. The highest BCUT2D eigenvalue weighted by molar-refractivity contribution is 6.01. The summed E-state index contributed by atoms with van der Waals surface area (Å²) in [6.45, 7) is 6.99. The van der Waals surface area contributed by atoms with Gasteiger partial charge in [0.05, 0.1) is 12.1 Å². The lowest BCUT2D eigenvalue weighted by molar-refractivity contribution is -0.127. The van der Waals surface area contributed by atoms with Crippen LogP contribution < -0.4 is 15.0 Å². The minimum Gasteiger partial charge on any atom is -0.494 e. The number of nitrogens with one attached hydrogen (secondary N) is 1. The monoisotopic (exact) mass is 500 g/mol. The first kappa shape index (κ1) is 25.8. The molecule has 9 heteroatoms. The highest BCUT2D eigenvalue weighted by atomic mass is 16.5. The lowest BCUT2D eigenvalue weighted by Gasteiger charge is -2.32. The van der Waals surface area contributed by atoms with E-state index in [1.54, 1.807) is 41.3 Å². The number of fused-ring (bicyclic) bond motifs is 1. The molecule has 1 N–H and O–H groups in total. The smallest absolute Gasteiger partial charge is 0.249 e. The fourth-order valence-electron chi connectivity index (χ4n) is 4.11. The van der Waals surface area contributed by atoms with E-state index in [2.05, 4.69) is 34.5 Å². The van der Waals surface area contributed by atoms with E-state index in [1.165, 1.54) is 4.90 Å². The van der Waals surface area contributed by atoms with Crippen LogP contribution in [0.3, 0.4) is 0 Å². The zero-order chi connectivity index (χ0) is 26.2. The molecule has 0 unspecified atom stereocenters. The maximum Gasteiger partial charge on any atom is 0.249 e. The second kappa shape index (κ2) is 12.1. The Morgan fingerprint density at radius 1 is 1.05 bits per heavy atom. The molecule has 0 bridgehead atoms. The van der Waals surface area contributed by atoms with E-state index in [1.807, 2.05) is 43.3 Å². The van der Waals surface area contributed by atoms with Gasteiger partial charge in [0, 0.05) is 30.7 Å². The molecule has 4 rings (SSSR count). The van der Waals surface area contributed by atoms with Crippen LogP contribution in [0, 0.1) is 5.92 Å². The molecule has 0 aliphatic rings. The molecule has 192 valence electrons. The molecule has 9 nitrogen and oxygen atoms in total. The van der Waals surface area contributed by atoms with Crippen LogP contribution in [-0.4, -0.2) is 44.9 Å². The van der Waals surface area contributed by atoms with Gasteiger partial charge in [0.25, 0.3) is 0 Å². The Labute approximate surface area is 216 Å². The Hall–Kier alpha value is -4.27. The number of carbonyl (C=O) groups is 2. The molecule has 0 saturated heterocycles. The number of para-hydroxylation sites is 1. The number of hydrogen-bond acceptors (Lipinski definition) is 6. The van der Waals surface area contributed by atoms with Gasteiger partial charge in [-0.2, -0.15) is 0 Å². The predicted molar refractivity (Wildman–Crippen MR) is 142 cm³/mol. The first-order valence-corrected chi connectivity index (χ1v) is 12.5. The Kier molecular flexibility index (Phi) is 8.45. The highest BCUT2D eigenvalue weighted by Crippen LogP contribution is 2.31. The van der Waals surface area contributed by atoms with Crippen molar-refractivity contribution < 1.29 is 14.3 Å². The van der Waals surface area contributed by atoms with Crippen molar-refractivity contribution in [1.29, 1.82) is 0 Å². The van der Waals surface area contributed by atoms with E-state index < -0.39 is 6.04 Å². The summed E-state index contributed by atoms with van der Waals surface area (Å²) in [7, 11) is 0. The molecular weight excluding hydrogens is 468 g/mol. The van der Waals surface area contributed by atoms with Crippen LogP contribution in [0.25, 0.3) is 11.0 Å². The number of hydrogen-bond donors (Lipinski definition) is 1. The van der Waals surface area contributed by atoms with Gasteiger partial charge in [-0.05, 0) is 61.2 Å². The molecule has 0 aliphatic heterocycles. The van der Waals surface area contributed by atoms with E-state index in [-0.39, 0.29) is 18.4 Å². The Bertz CT molecular complexity index is 1340. The van der Waals surface area contributed by atoms with Crippen LogP contribution >= 0.6 is 0 Å². The van der Waals surface area contributed by atoms with Gasteiger partial charge in [0.2, 0.25) is 11.8 Å². The fraction of sp³-hybridized carbons (Fsp3) is 0.321. The summed E-state index contributed by atoms with van der Waals surface area (Å²) < 4.78 is 7.25. The molecule has 2 aromatic carbocycles. The number of ether oxygens (including phenoxy) is 1. The summed E-state index contributed by atoms with van der Waals surface area (Å²) >= 11 is 0. The second-order valence-corrected chi connectivity index (χ2v) is 9.09. The number of anilines is 1. The van der Waals surface area contributed by atoms with Gasteiger partial charge < -0.3 is 10.1 Å². The average Bonchev–Trinajstić information content (AvgIpc) is 3.30. The third kappa shape index (κ3) is 6.30. The van der Waals surface area contributed by atoms with Gasteiger partial charge in [0.15, 0.2) is 0 Å². The topological polar surface area (TPSA) is 102 Å². The molecule has 1 atom stereocenters. The molecule has 37 heavy (non-hydrogen) atoms. The number of nitrogens with zero attached hydrogens (tertiary/aromatic N) is 5. The van der Waals surface area contributed by atoms with Crippen LogP contribution in [-0.2, 0) is 16.1 Å². The Balaban J connectivity index is 1.76. The summed E-state index contributed by atoms with van der Waals surface area (Å²) in [6.07, 6.45) is 4.06. The molecule has 2 aromatic heterocycles. The molecular formula is C28H32N6O3. The van der Waals surface area contributed by atoms with Crippen molar-refractivity contribution in [3.63, 3.8) is 0 Å². The quantitative estimate of drug-likeness (QED) is 0.332. The van der Waals surface area contributed by atoms with Gasteiger partial charge in [-0.3, -0.25) is 19.5 Å². The molecule has 2 amide bonds. The average molecular weight is 501 g/mol. The van der Waals surface area contributed by atoms with Crippen molar-refractivity contribution in [2.45, 2.75) is 39.8 Å². The first-order chi connectivity index (χ1) is 18.0. The van der Waals surface area contributed by atoms with E-state index in [0.717, 1.165) is 11.9 Å². The maximum atomic E-state index is 14.0. The van der Waals surface area contributed by atoms with E-state index >= 15 is 0 Å². The fourth-order valence-corrected chi connectivity index (χ4v) is 4.11. The molecule has 2 heterocycles. The van der Waals surface area contributed by atoms with E-state index in [9.17, 15) is 9.59 Å². The van der Waals surface area contributed by atoms with Crippen molar-refractivity contribution >= 4 is 28.5 Å². The second-order valence-electron chi connectivity index (χ2n) is 9.09. The SMILES string of the molecule is CCOc1cccc(N(C(=O)Cn2nnc3ccccc32)[C@@H](C(=O)NCCC(C)C)c2ccncc2)c1. The third-order valence-corrected chi connectivity index (χ3v) is 5.93. The minimum absolute atomic E-state index is 0.0970. The van der Waals surface area contributed by atoms with E-state index in [4.69, 9.17) is 4.74 Å². The maximum absolute atomic E-state index is 14.0.